The summed E-state index contributed by atoms with van der Waals surface area (Å²) in [6.45, 7) is 1.97. The Morgan fingerprint density at radius 2 is 1.81 bits per heavy atom. The van der Waals surface area contributed by atoms with Crippen LogP contribution in [0.5, 0.6) is 5.75 Å². The number of benzene rings is 1. The molecule has 1 aliphatic carbocycles. The number of ether oxygens (including phenoxy) is 1. The predicted octanol–water partition coefficient (Wildman–Crippen LogP) is 3.00. The van der Waals surface area contributed by atoms with E-state index in [1.807, 2.05) is 31.2 Å². The van der Waals surface area contributed by atoms with E-state index in [2.05, 4.69) is 10.4 Å². The molecule has 0 aliphatic heterocycles. The van der Waals surface area contributed by atoms with Crippen LogP contribution in [-0.2, 0) is 0 Å². The van der Waals surface area contributed by atoms with Gasteiger partial charge in [0.05, 0.1) is 18.9 Å². The van der Waals surface area contributed by atoms with Crippen molar-refractivity contribution in [3.8, 4) is 11.4 Å². The molecule has 6 heteroatoms. The zero-order valence-corrected chi connectivity index (χ0v) is 15.3. The van der Waals surface area contributed by atoms with Crippen molar-refractivity contribution in [2.45, 2.75) is 51.5 Å². The van der Waals surface area contributed by atoms with Gasteiger partial charge in [-0.3, -0.25) is 9.59 Å². The number of carbonyl (C=O) groups excluding carboxylic acids is 1. The summed E-state index contributed by atoms with van der Waals surface area (Å²) < 4.78 is 6.47. The summed E-state index contributed by atoms with van der Waals surface area (Å²) in [4.78, 5) is 25.2. The average Bonchev–Trinajstić information content (AvgIpc) is 2.91. The molecule has 3 rings (SSSR count). The first kappa shape index (κ1) is 18.2. The minimum atomic E-state index is -0.336. The Hall–Kier alpha value is -2.63. The molecule has 1 saturated carbocycles. The maximum atomic E-state index is 12.8. The summed E-state index contributed by atoms with van der Waals surface area (Å²) in [6, 6.07) is 8.88. The molecular weight excluding hydrogens is 330 g/mol. The minimum absolute atomic E-state index is 0.136. The Labute approximate surface area is 153 Å². The average molecular weight is 355 g/mol. The second-order valence-electron chi connectivity index (χ2n) is 6.81. The van der Waals surface area contributed by atoms with Gasteiger partial charge in [-0.15, -0.1) is 0 Å². The van der Waals surface area contributed by atoms with Crippen molar-refractivity contribution in [3.05, 3.63) is 51.9 Å². The van der Waals surface area contributed by atoms with Gasteiger partial charge in [-0.05, 0) is 31.9 Å². The lowest BCUT2D eigenvalue weighted by Gasteiger charge is -2.17. The fourth-order valence-electron chi connectivity index (χ4n) is 3.30. The van der Waals surface area contributed by atoms with Crippen LogP contribution in [0.4, 0.5) is 0 Å². The summed E-state index contributed by atoms with van der Waals surface area (Å²) in [5.74, 6) is -0.0981. The lowest BCUT2D eigenvalue weighted by Crippen LogP contribution is -2.36. The lowest BCUT2D eigenvalue weighted by atomic mass is 10.1. The number of hydrogen-bond donors (Lipinski definition) is 1. The van der Waals surface area contributed by atoms with E-state index in [1.54, 1.807) is 0 Å². The van der Waals surface area contributed by atoms with Crippen LogP contribution in [0.2, 0.25) is 0 Å². The Bertz CT molecular complexity index is 819. The molecule has 2 aromatic rings. The van der Waals surface area contributed by atoms with E-state index in [0.29, 0.717) is 5.69 Å². The highest BCUT2D eigenvalue weighted by Crippen LogP contribution is 2.19. The van der Waals surface area contributed by atoms with Crippen LogP contribution in [0, 0.1) is 6.92 Å². The molecule has 0 radical (unpaired) electrons. The number of nitrogens with one attached hydrogen (secondary N) is 1. The van der Waals surface area contributed by atoms with E-state index in [0.717, 1.165) is 31.2 Å². The summed E-state index contributed by atoms with van der Waals surface area (Å²) >= 11 is 0. The van der Waals surface area contributed by atoms with Crippen LogP contribution in [0.3, 0.4) is 0 Å². The standard InChI is InChI=1S/C20H25N3O3/c1-14-9-11-16(12-10-14)23-18(24)13-17(26-2)19(22-23)20(25)21-15-7-5-3-4-6-8-15/h9-13,15H,3-8H2,1-2H3,(H,21,25). The van der Waals surface area contributed by atoms with Gasteiger partial charge in [0.1, 0.15) is 0 Å². The molecule has 1 aliphatic rings. The van der Waals surface area contributed by atoms with Crippen molar-refractivity contribution in [1.29, 1.82) is 0 Å². The fraction of sp³-hybridized carbons (Fsp3) is 0.450. The van der Waals surface area contributed by atoms with Crippen molar-refractivity contribution >= 4 is 5.91 Å². The van der Waals surface area contributed by atoms with E-state index >= 15 is 0 Å². The third-order valence-electron chi connectivity index (χ3n) is 4.80. The van der Waals surface area contributed by atoms with E-state index < -0.39 is 0 Å². The monoisotopic (exact) mass is 355 g/mol. The van der Waals surface area contributed by atoms with Gasteiger partial charge in [0, 0.05) is 6.04 Å². The number of aryl methyl sites for hydroxylation is 1. The number of methoxy groups -OCH3 is 1. The van der Waals surface area contributed by atoms with Gasteiger partial charge in [0.15, 0.2) is 11.4 Å². The van der Waals surface area contributed by atoms with E-state index in [-0.39, 0.29) is 29.0 Å². The molecule has 138 valence electrons. The van der Waals surface area contributed by atoms with Gasteiger partial charge in [-0.1, -0.05) is 43.4 Å². The number of hydrogen-bond acceptors (Lipinski definition) is 4. The lowest BCUT2D eigenvalue weighted by molar-refractivity contribution is 0.0923. The molecule has 0 atom stereocenters. The van der Waals surface area contributed by atoms with Crippen LogP contribution in [-0.4, -0.2) is 28.8 Å². The van der Waals surface area contributed by atoms with E-state index in [1.165, 1.54) is 30.7 Å². The van der Waals surface area contributed by atoms with Crippen LogP contribution >= 0.6 is 0 Å². The minimum Gasteiger partial charge on any atom is -0.494 e. The predicted molar refractivity (Wildman–Crippen MR) is 100 cm³/mol. The fourth-order valence-corrected chi connectivity index (χ4v) is 3.30. The van der Waals surface area contributed by atoms with Crippen molar-refractivity contribution in [2.75, 3.05) is 7.11 Å². The number of carbonyl (C=O) groups is 1. The van der Waals surface area contributed by atoms with Gasteiger partial charge < -0.3 is 10.1 Å². The van der Waals surface area contributed by atoms with Crippen LogP contribution < -0.4 is 15.6 Å². The van der Waals surface area contributed by atoms with Gasteiger partial charge in [-0.2, -0.15) is 9.78 Å². The molecule has 1 aromatic carbocycles. The molecule has 6 nitrogen and oxygen atoms in total. The Morgan fingerprint density at radius 3 is 2.42 bits per heavy atom. The number of amides is 1. The zero-order chi connectivity index (χ0) is 18.5. The third-order valence-corrected chi connectivity index (χ3v) is 4.80. The zero-order valence-electron chi connectivity index (χ0n) is 15.3. The Morgan fingerprint density at radius 1 is 1.15 bits per heavy atom. The molecule has 26 heavy (non-hydrogen) atoms. The first-order chi connectivity index (χ1) is 12.6. The maximum absolute atomic E-state index is 12.8. The number of nitrogens with zero attached hydrogens (tertiary/aromatic N) is 2. The second-order valence-corrected chi connectivity index (χ2v) is 6.81. The highest BCUT2D eigenvalue weighted by Gasteiger charge is 2.21. The molecule has 1 N–H and O–H groups in total. The van der Waals surface area contributed by atoms with Crippen LogP contribution in [0.15, 0.2) is 35.1 Å². The summed E-state index contributed by atoms with van der Waals surface area (Å²) in [6.07, 6.45) is 6.63. The highest BCUT2D eigenvalue weighted by molar-refractivity contribution is 5.95. The normalized spacial score (nSPS) is 15.3. The molecule has 0 bridgehead atoms. The van der Waals surface area contributed by atoms with Crippen LogP contribution in [0.25, 0.3) is 5.69 Å². The quantitative estimate of drug-likeness (QED) is 0.856. The Kier molecular flexibility index (Phi) is 5.71. The summed E-state index contributed by atoms with van der Waals surface area (Å²) in [5, 5.41) is 7.36. The van der Waals surface area contributed by atoms with Gasteiger partial charge in [0.25, 0.3) is 11.5 Å². The Balaban J connectivity index is 1.91. The van der Waals surface area contributed by atoms with Gasteiger partial charge >= 0.3 is 0 Å². The molecule has 1 heterocycles. The largest absolute Gasteiger partial charge is 0.494 e. The molecule has 0 saturated heterocycles. The molecule has 0 spiro atoms. The molecule has 0 unspecified atom stereocenters. The first-order valence-electron chi connectivity index (χ1n) is 9.15. The second kappa shape index (κ2) is 8.17. The number of rotatable bonds is 4. The highest BCUT2D eigenvalue weighted by atomic mass is 16.5. The third kappa shape index (κ3) is 4.12. The summed E-state index contributed by atoms with van der Waals surface area (Å²) in [7, 11) is 1.44. The molecule has 1 fully saturated rings. The van der Waals surface area contributed by atoms with Crippen molar-refractivity contribution < 1.29 is 9.53 Å². The summed E-state index contributed by atoms with van der Waals surface area (Å²) in [5.41, 5.74) is 1.50. The van der Waals surface area contributed by atoms with Gasteiger partial charge in [-0.25, -0.2) is 0 Å². The van der Waals surface area contributed by atoms with Crippen molar-refractivity contribution in [3.63, 3.8) is 0 Å². The van der Waals surface area contributed by atoms with Crippen LogP contribution in [0.1, 0.15) is 54.6 Å². The van der Waals surface area contributed by atoms with E-state index in [4.69, 9.17) is 4.74 Å². The first-order valence-corrected chi connectivity index (χ1v) is 9.15. The van der Waals surface area contributed by atoms with Crippen molar-refractivity contribution in [2.24, 2.45) is 0 Å². The maximum Gasteiger partial charge on any atom is 0.275 e. The van der Waals surface area contributed by atoms with Crippen molar-refractivity contribution in [1.82, 2.24) is 15.1 Å². The SMILES string of the molecule is COc1cc(=O)n(-c2ccc(C)cc2)nc1C(=O)NC1CCCCCC1. The smallest absolute Gasteiger partial charge is 0.275 e. The molecular formula is C20H25N3O3. The van der Waals surface area contributed by atoms with E-state index in [9.17, 15) is 9.59 Å². The number of aromatic nitrogens is 2. The molecule has 1 amide bonds. The topological polar surface area (TPSA) is 73.2 Å². The molecule has 1 aromatic heterocycles. The van der Waals surface area contributed by atoms with Gasteiger partial charge in [0.2, 0.25) is 0 Å².